The van der Waals surface area contributed by atoms with Crippen molar-refractivity contribution >= 4 is 23.5 Å². The number of nitrogens with zero attached hydrogens (tertiary/aromatic N) is 5. The van der Waals surface area contributed by atoms with E-state index in [1.165, 1.54) is 0 Å². The summed E-state index contributed by atoms with van der Waals surface area (Å²) in [5.41, 5.74) is 4.12. The number of aliphatic carboxylic acids is 2. The lowest BCUT2D eigenvalue weighted by Crippen LogP contribution is -2.36. The minimum atomic E-state index is -5.08. The molecule has 3 aromatic heterocycles. The van der Waals surface area contributed by atoms with Crippen LogP contribution in [0.4, 0.5) is 26.3 Å². The number of ether oxygens (including phenoxy) is 1. The van der Waals surface area contributed by atoms with Crippen LogP contribution in [0.2, 0.25) is 0 Å². The molecule has 0 saturated heterocycles. The molecule has 244 valence electrons. The number of likely N-dealkylation sites (N-methyl/N-ethyl adjacent to an activating group) is 1. The molecule has 1 amide bonds. The van der Waals surface area contributed by atoms with Gasteiger partial charge in [0, 0.05) is 43.8 Å². The number of methoxy groups -OCH3 is 1. The van der Waals surface area contributed by atoms with Gasteiger partial charge in [-0.3, -0.25) is 9.89 Å². The molecule has 0 aliphatic rings. The van der Waals surface area contributed by atoms with E-state index >= 15 is 0 Å². The first kappa shape index (κ1) is 36.1. The van der Waals surface area contributed by atoms with Crippen molar-refractivity contribution in [1.82, 2.24) is 29.4 Å². The van der Waals surface area contributed by atoms with Gasteiger partial charge in [-0.05, 0) is 49.5 Å². The van der Waals surface area contributed by atoms with Gasteiger partial charge in [-0.2, -0.15) is 31.4 Å². The highest BCUT2D eigenvalue weighted by Gasteiger charge is 2.38. The SMILES string of the molecule is COc1cccc(CN(CCN(C)C)C(=O)c2cn3ccc(-c4cn[nH]c4)cc3n2)c1.O=C(O)C(F)(F)F.O=C(O)C(F)(F)F. The average Bonchev–Trinajstić information content (AvgIpc) is 3.65. The van der Waals surface area contributed by atoms with Crippen molar-refractivity contribution in [2.24, 2.45) is 0 Å². The van der Waals surface area contributed by atoms with Crippen molar-refractivity contribution in [2.75, 3.05) is 34.3 Å². The topological polar surface area (TPSA) is 153 Å². The molecule has 12 nitrogen and oxygen atoms in total. The van der Waals surface area contributed by atoms with Crippen LogP contribution in [0.25, 0.3) is 16.8 Å². The smallest absolute Gasteiger partial charge is 0.490 e. The van der Waals surface area contributed by atoms with Gasteiger partial charge in [-0.15, -0.1) is 0 Å². The fourth-order valence-corrected chi connectivity index (χ4v) is 3.40. The molecular formula is C27H28F6N6O6. The fraction of sp³-hybridized carbons (Fsp3) is 0.296. The largest absolute Gasteiger partial charge is 0.497 e. The summed E-state index contributed by atoms with van der Waals surface area (Å²) in [5, 5.41) is 21.1. The molecule has 0 bridgehead atoms. The zero-order chi connectivity index (χ0) is 33.9. The van der Waals surface area contributed by atoms with Crippen LogP contribution in [-0.2, 0) is 16.1 Å². The molecule has 0 saturated carbocycles. The van der Waals surface area contributed by atoms with Crippen LogP contribution in [-0.4, -0.2) is 104 Å². The van der Waals surface area contributed by atoms with Crippen LogP contribution in [0.5, 0.6) is 5.75 Å². The van der Waals surface area contributed by atoms with Gasteiger partial charge in [0.1, 0.15) is 17.1 Å². The number of carboxylic acids is 2. The van der Waals surface area contributed by atoms with E-state index in [-0.39, 0.29) is 5.91 Å². The minimum Gasteiger partial charge on any atom is -0.497 e. The Bertz CT molecular complexity index is 1550. The lowest BCUT2D eigenvalue weighted by atomic mass is 10.1. The van der Waals surface area contributed by atoms with Crippen molar-refractivity contribution in [3.05, 3.63) is 72.4 Å². The third kappa shape index (κ3) is 11.5. The number of carboxylic acid groups (broad SMARTS) is 2. The Kier molecular flexibility index (Phi) is 12.5. The molecule has 45 heavy (non-hydrogen) atoms. The monoisotopic (exact) mass is 646 g/mol. The molecular weight excluding hydrogens is 618 g/mol. The first-order valence-electron chi connectivity index (χ1n) is 12.6. The van der Waals surface area contributed by atoms with E-state index in [1.54, 1.807) is 19.5 Å². The number of amides is 1. The molecule has 0 spiro atoms. The highest BCUT2D eigenvalue weighted by Crippen LogP contribution is 2.21. The number of H-pyrrole nitrogens is 1. The van der Waals surface area contributed by atoms with E-state index in [2.05, 4.69) is 20.1 Å². The highest BCUT2D eigenvalue weighted by atomic mass is 19.4. The summed E-state index contributed by atoms with van der Waals surface area (Å²) in [6, 6.07) is 11.7. The number of hydrogen-bond acceptors (Lipinski definition) is 7. The quantitative estimate of drug-likeness (QED) is 0.239. The fourth-order valence-electron chi connectivity index (χ4n) is 3.40. The zero-order valence-corrected chi connectivity index (χ0v) is 23.9. The van der Waals surface area contributed by atoms with Crippen molar-refractivity contribution < 1.29 is 55.7 Å². The van der Waals surface area contributed by atoms with Gasteiger partial charge in [-0.25, -0.2) is 14.6 Å². The van der Waals surface area contributed by atoms with E-state index in [4.69, 9.17) is 24.5 Å². The number of carbonyl (C=O) groups is 3. The number of rotatable bonds is 8. The van der Waals surface area contributed by atoms with E-state index in [9.17, 15) is 31.1 Å². The molecule has 4 aromatic rings. The molecule has 0 atom stereocenters. The van der Waals surface area contributed by atoms with Crippen molar-refractivity contribution in [2.45, 2.75) is 18.9 Å². The number of halogens is 6. The van der Waals surface area contributed by atoms with E-state index in [0.29, 0.717) is 18.8 Å². The molecule has 18 heteroatoms. The minimum absolute atomic E-state index is 0.0989. The molecule has 3 heterocycles. The van der Waals surface area contributed by atoms with Gasteiger partial charge >= 0.3 is 24.3 Å². The highest BCUT2D eigenvalue weighted by molar-refractivity contribution is 5.93. The number of carbonyl (C=O) groups excluding carboxylic acids is 1. The number of nitrogens with one attached hydrogen (secondary N) is 1. The third-order valence-corrected chi connectivity index (χ3v) is 5.61. The van der Waals surface area contributed by atoms with Gasteiger partial charge in [-0.1, -0.05) is 12.1 Å². The average molecular weight is 647 g/mol. The van der Waals surface area contributed by atoms with E-state index in [0.717, 1.165) is 34.6 Å². The number of imidazole rings is 1. The van der Waals surface area contributed by atoms with Crippen LogP contribution >= 0.6 is 0 Å². The lowest BCUT2D eigenvalue weighted by Gasteiger charge is -2.24. The summed E-state index contributed by atoms with van der Waals surface area (Å²) in [4.78, 5) is 39.7. The number of fused-ring (bicyclic) bond motifs is 1. The lowest BCUT2D eigenvalue weighted by molar-refractivity contribution is -0.193. The van der Waals surface area contributed by atoms with Gasteiger partial charge in [0.25, 0.3) is 5.91 Å². The summed E-state index contributed by atoms with van der Waals surface area (Å²) in [6.07, 6.45) is -2.88. The second kappa shape index (κ2) is 15.6. The normalized spacial score (nSPS) is 11.2. The van der Waals surface area contributed by atoms with Crippen molar-refractivity contribution in [3.8, 4) is 16.9 Å². The Morgan fingerprint density at radius 2 is 1.58 bits per heavy atom. The second-order valence-electron chi connectivity index (χ2n) is 9.28. The number of hydrogen-bond donors (Lipinski definition) is 3. The molecule has 0 aliphatic heterocycles. The van der Waals surface area contributed by atoms with Gasteiger partial charge < -0.3 is 29.2 Å². The van der Waals surface area contributed by atoms with Gasteiger partial charge in [0.2, 0.25) is 0 Å². The number of aromatic nitrogens is 4. The van der Waals surface area contributed by atoms with Crippen molar-refractivity contribution in [1.29, 1.82) is 0 Å². The maximum absolute atomic E-state index is 13.4. The van der Waals surface area contributed by atoms with Crippen molar-refractivity contribution in [3.63, 3.8) is 0 Å². The van der Waals surface area contributed by atoms with Crippen LogP contribution in [0, 0.1) is 0 Å². The standard InChI is InChI=1S/C23H26N6O2.2C2HF3O2/c1-27(2)9-10-29(15-17-5-4-6-20(11-17)31-3)23(30)21-16-28-8-7-18(12-22(28)26-21)19-13-24-25-14-19;2*3-2(4,5)1(6)7/h4-8,11-14,16H,9-10,15H2,1-3H3,(H,24,25);2*(H,6,7). The first-order valence-corrected chi connectivity index (χ1v) is 12.6. The summed E-state index contributed by atoms with van der Waals surface area (Å²) in [6.45, 7) is 1.84. The number of aromatic amines is 1. The second-order valence-corrected chi connectivity index (χ2v) is 9.28. The molecule has 4 rings (SSSR count). The molecule has 0 radical (unpaired) electrons. The number of alkyl halides is 6. The third-order valence-electron chi connectivity index (χ3n) is 5.61. The predicted octanol–water partition coefficient (Wildman–Crippen LogP) is 4.20. The molecule has 0 aliphatic carbocycles. The predicted molar refractivity (Wildman–Crippen MR) is 146 cm³/mol. The van der Waals surface area contributed by atoms with Gasteiger partial charge in [0.15, 0.2) is 0 Å². The molecule has 3 N–H and O–H groups in total. The Morgan fingerprint density at radius 3 is 2.09 bits per heavy atom. The van der Waals surface area contributed by atoms with Crippen LogP contribution in [0.15, 0.2) is 61.2 Å². The van der Waals surface area contributed by atoms with Crippen LogP contribution in [0.1, 0.15) is 16.1 Å². The molecule has 1 aromatic carbocycles. The number of pyridine rings is 1. The van der Waals surface area contributed by atoms with Crippen LogP contribution in [0.3, 0.4) is 0 Å². The maximum Gasteiger partial charge on any atom is 0.490 e. The summed E-state index contributed by atoms with van der Waals surface area (Å²) in [7, 11) is 5.63. The first-order chi connectivity index (χ1) is 20.9. The Labute approximate surface area is 251 Å². The van der Waals surface area contributed by atoms with E-state index in [1.807, 2.05) is 72.2 Å². The van der Waals surface area contributed by atoms with Gasteiger partial charge in [0.05, 0.1) is 13.3 Å². The van der Waals surface area contributed by atoms with Crippen LogP contribution < -0.4 is 4.74 Å². The summed E-state index contributed by atoms with van der Waals surface area (Å²) >= 11 is 0. The zero-order valence-electron chi connectivity index (χ0n) is 23.9. The Balaban J connectivity index is 0.000000421. The summed E-state index contributed by atoms with van der Waals surface area (Å²) < 4.78 is 70.7. The molecule has 0 unspecified atom stereocenters. The summed E-state index contributed by atoms with van der Waals surface area (Å²) in [5.74, 6) is -4.84. The van der Waals surface area contributed by atoms with E-state index < -0.39 is 24.3 Å². The number of benzene rings is 1. The molecule has 0 fully saturated rings. The Hall–Kier alpha value is -5.13. The maximum atomic E-state index is 13.4. The Morgan fingerprint density at radius 1 is 0.956 bits per heavy atom.